The number of benzene rings is 3. The van der Waals surface area contributed by atoms with Crippen molar-refractivity contribution in [2.24, 2.45) is 10.2 Å². The molecule has 0 radical (unpaired) electrons. The van der Waals surface area contributed by atoms with Crippen LogP contribution in [0.25, 0.3) is 21.4 Å². The zero-order chi connectivity index (χ0) is 24.2. The number of nitrogens with one attached hydrogen (secondary N) is 1. The zero-order valence-corrected chi connectivity index (χ0v) is 18.1. The van der Waals surface area contributed by atoms with Crippen molar-refractivity contribution in [2.45, 2.75) is 0 Å². The summed E-state index contributed by atoms with van der Waals surface area (Å²) in [5, 5.41) is 27.8. The first-order valence-corrected chi connectivity index (χ1v) is 10.4. The summed E-state index contributed by atoms with van der Waals surface area (Å²) in [6.07, 6.45) is 4.24. The zero-order valence-electron chi connectivity index (χ0n) is 18.1. The van der Waals surface area contributed by atoms with Crippen molar-refractivity contribution in [2.75, 3.05) is 5.32 Å². The molecule has 3 aromatic carbocycles. The van der Waals surface area contributed by atoms with E-state index in [1.54, 1.807) is 48.5 Å². The highest BCUT2D eigenvalue weighted by molar-refractivity contribution is 6.11. The summed E-state index contributed by atoms with van der Waals surface area (Å²) in [6, 6.07) is 19.3. The number of phenols is 1. The topological polar surface area (TPSA) is 122 Å². The van der Waals surface area contributed by atoms with Crippen molar-refractivity contribution < 1.29 is 9.90 Å². The number of para-hydroxylation sites is 1. The Morgan fingerprint density at radius 1 is 1.06 bits per heavy atom. The van der Waals surface area contributed by atoms with Crippen molar-refractivity contribution in [3.63, 3.8) is 0 Å². The van der Waals surface area contributed by atoms with Crippen LogP contribution < -0.4 is 5.32 Å². The van der Waals surface area contributed by atoms with E-state index in [9.17, 15) is 9.90 Å². The van der Waals surface area contributed by atoms with Gasteiger partial charge in [-0.25, -0.2) is 19.5 Å². The molecule has 10 heteroatoms. The van der Waals surface area contributed by atoms with Gasteiger partial charge in [0.15, 0.2) is 17.4 Å². The van der Waals surface area contributed by atoms with Gasteiger partial charge < -0.3 is 10.4 Å². The summed E-state index contributed by atoms with van der Waals surface area (Å²) in [7, 11) is 0. The Labute approximate surface area is 199 Å². The van der Waals surface area contributed by atoms with Crippen LogP contribution >= 0.6 is 0 Å². The van der Waals surface area contributed by atoms with Gasteiger partial charge in [-0.1, -0.05) is 42.5 Å². The van der Waals surface area contributed by atoms with Crippen LogP contribution in [-0.4, -0.2) is 30.8 Å². The van der Waals surface area contributed by atoms with Gasteiger partial charge in [-0.05, 0) is 23.6 Å². The monoisotopic (exact) mass is 460 g/mol. The highest BCUT2D eigenvalue weighted by Gasteiger charge is 2.19. The van der Waals surface area contributed by atoms with E-state index in [0.29, 0.717) is 22.3 Å². The SMILES string of the molecule is [C-]#[N+]c1cnn(-c2ccncn2)c1/N=N/c1c(O)c(C(=O)Nc2ccccc2)cc2ccccc12. The molecule has 0 fully saturated rings. The lowest BCUT2D eigenvalue weighted by Gasteiger charge is -2.11. The van der Waals surface area contributed by atoms with Crippen molar-refractivity contribution in [3.8, 4) is 11.6 Å². The molecule has 0 unspecified atom stereocenters. The molecule has 0 atom stereocenters. The number of aromatic hydroxyl groups is 1. The van der Waals surface area contributed by atoms with Crippen molar-refractivity contribution in [3.05, 3.63) is 102 Å². The molecule has 5 rings (SSSR count). The van der Waals surface area contributed by atoms with Gasteiger partial charge in [-0.2, -0.15) is 5.10 Å². The normalized spacial score (nSPS) is 10.9. The Bertz CT molecular complexity index is 1610. The number of azo groups is 1. The number of hydrogen-bond donors (Lipinski definition) is 2. The van der Waals surface area contributed by atoms with E-state index in [1.807, 2.05) is 18.2 Å². The summed E-state index contributed by atoms with van der Waals surface area (Å²) in [5.74, 6) is -0.308. The van der Waals surface area contributed by atoms with E-state index in [-0.39, 0.29) is 28.5 Å². The van der Waals surface area contributed by atoms with Crippen molar-refractivity contribution in [1.82, 2.24) is 19.7 Å². The predicted octanol–water partition coefficient (Wildman–Crippen LogP) is 5.74. The third kappa shape index (κ3) is 4.17. The number of fused-ring (bicyclic) bond motifs is 1. The molecule has 0 spiro atoms. The highest BCUT2D eigenvalue weighted by Crippen LogP contribution is 2.40. The Balaban J connectivity index is 1.61. The first-order chi connectivity index (χ1) is 17.2. The van der Waals surface area contributed by atoms with Gasteiger partial charge in [0.25, 0.3) is 11.6 Å². The molecule has 0 bridgehead atoms. The molecule has 2 N–H and O–H groups in total. The van der Waals surface area contributed by atoms with Gasteiger partial charge in [0.2, 0.25) is 0 Å². The molecule has 35 heavy (non-hydrogen) atoms. The third-order valence-electron chi connectivity index (χ3n) is 5.15. The minimum Gasteiger partial charge on any atom is -0.505 e. The highest BCUT2D eigenvalue weighted by atomic mass is 16.3. The number of phenolic OH excluding ortho intramolecular Hbond substituents is 1. The fraction of sp³-hybridized carbons (Fsp3) is 0. The molecular weight excluding hydrogens is 444 g/mol. The second-order valence-electron chi connectivity index (χ2n) is 7.31. The quantitative estimate of drug-likeness (QED) is 0.256. The molecule has 0 saturated carbocycles. The maximum atomic E-state index is 13.0. The third-order valence-corrected chi connectivity index (χ3v) is 5.15. The van der Waals surface area contributed by atoms with Crippen LogP contribution in [0, 0.1) is 6.57 Å². The van der Waals surface area contributed by atoms with E-state index in [1.165, 1.54) is 23.4 Å². The number of nitrogens with zero attached hydrogens (tertiary/aromatic N) is 7. The van der Waals surface area contributed by atoms with Gasteiger partial charge in [0.05, 0.1) is 18.3 Å². The molecule has 10 nitrogen and oxygen atoms in total. The average molecular weight is 460 g/mol. The maximum absolute atomic E-state index is 13.0. The molecule has 0 aliphatic rings. The summed E-state index contributed by atoms with van der Waals surface area (Å²) in [4.78, 5) is 24.5. The predicted molar refractivity (Wildman–Crippen MR) is 130 cm³/mol. The molecular formula is C25H16N8O2. The van der Waals surface area contributed by atoms with Gasteiger partial charge in [0.1, 0.15) is 12.0 Å². The van der Waals surface area contributed by atoms with Gasteiger partial charge in [-0.15, -0.1) is 10.2 Å². The van der Waals surface area contributed by atoms with Crippen molar-refractivity contribution >= 4 is 39.6 Å². The Morgan fingerprint density at radius 2 is 1.86 bits per heavy atom. The van der Waals surface area contributed by atoms with E-state index in [0.717, 1.165) is 0 Å². The second kappa shape index (κ2) is 9.21. The van der Waals surface area contributed by atoms with Gasteiger partial charge in [-0.3, -0.25) is 4.79 Å². The molecule has 0 aliphatic heterocycles. The van der Waals surface area contributed by atoms with Crippen LogP contribution in [0.15, 0.2) is 95.7 Å². The molecule has 2 aromatic heterocycles. The lowest BCUT2D eigenvalue weighted by atomic mass is 10.0. The van der Waals surface area contributed by atoms with Crippen LogP contribution in [0.3, 0.4) is 0 Å². The molecule has 5 aromatic rings. The van der Waals surface area contributed by atoms with Crippen LogP contribution in [0.1, 0.15) is 10.4 Å². The standard InChI is InChI=1S/C25H16N8O2/c1-26-20-14-29-33(21-11-12-27-15-28-21)24(20)32-31-22-18-10-6-5-7-16(18)13-19(23(22)34)25(35)30-17-8-3-2-4-9-17/h2-15,34H,(H,30,35)/b32-31+. The first kappa shape index (κ1) is 21.4. The van der Waals surface area contributed by atoms with E-state index in [4.69, 9.17) is 6.57 Å². The maximum Gasteiger partial charge on any atom is 0.259 e. The molecule has 168 valence electrons. The summed E-state index contributed by atoms with van der Waals surface area (Å²) < 4.78 is 1.35. The Hall–Kier alpha value is -5.43. The fourth-order valence-electron chi connectivity index (χ4n) is 3.49. The van der Waals surface area contributed by atoms with Crippen LogP contribution in [0.2, 0.25) is 0 Å². The minimum atomic E-state index is -0.497. The van der Waals surface area contributed by atoms with E-state index in [2.05, 4.69) is 35.5 Å². The first-order valence-electron chi connectivity index (χ1n) is 10.4. The lowest BCUT2D eigenvalue weighted by Crippen LogP contribution is -2.12. The van der Waals surface area contributed by atoms with E-state index >= 15 is 0 Å². The van der Waals surface area contributed by atoms with Crippen LogP contribution in [0.5, 0.6) is 5.75 Å². The minimum absolute atomic E-state index is 0.0382. The number of rotatable bonds is 5. The summed E-state index contributed by atoms with van der Waals surface area (Å²) in [6.45, 7) is 7.45. The van der Waals surface area contributed by atoms with Gasteiger partial charge >= 0.3 is 0 Å². The van der Waals surface area contributed by atoms with Gasteiger partial charge in [0, 0.05) is 23.3 Å². The molecule has 0 aliphatic carbocycles. The number of aromatic nitrogens is 4. The van der Waals surface area contributed by atoms with Crippen LogP contribution in [-0.2, 0) is 0 Å². The Morgan fingerprint density at radius 3 is 2.63 bits per heavy atom. The van der Waals surface area contributed by atoms with E-state index < -0.39 is 5.91 Å². The lowest BCUT2D eigenvalue weighted by molar-refractivity contribution is 0.102. The largest absolute Gasteiger partial charge is 0.505 e. The number of anilines is 1. The molecule has 0 saturated heterocycles. The molecule has 2 heterocycles. The van der Waals surface area contributed by atoms with Crippen LogP contribution in [0.4, 0.5) is 22.9 Å². The summed E-state index contributed by atoms with van der Waals surface area (Å²) in [5.41, 5.74) is 0.863. The number of carbonyl (C=O) groups is 1. The number of carbonyl (C=O) groups excluding carboxylic acids is 1. The summed E-state index contributed by atoms with van der Waals surface area (Å²) >= 11 is 0. The smallest absolute Gasteiger partial charge is 0.259 e. The second-order valence-corrected chi connectivity index (χ2v) is 7.31. The molecule has 1 amide bonds. The Kier molecular flexibility index (Phi) is 5.63. The number of hydrogen-bond acceptors (Lipinski definition) is 7. The number of amides is 1. The fourth-order valence-corrected chi connectivity index (χ4v) is 3.49. The van der Waals surface area contributed by atoms with Crippen molar-refractivity contribution in [1.29, 1.82) is 0 Å². The average Bonchev–Trinajstić information content (AvgIpc) is 3.32.